The number of benzene rings is 1. The number of hydrogen-bond donors (Lipinski definition) is 2. The summed E-state index contributed by atoms with van der Waals surface area (Å²) < 4.78 is 18.2. The molecule has 0 aliphatic heterocycles. The molecule has 0 spiro atoms. The van der Waals surface area contributed by atoms with E-state index in [4.69, 9.17) is 4.74 Å². The van der Waals surface area contributed by atoms with E-state index in [9.17, 15) is 9.18 Å². The molecule has 1 amide bonds. The van der Waals surface area contributed by atoms with Crippen molar-refractivity contribution >= 4 is 11.6 Å². The Morgan fingerprint density at radius 2 is 2.10 bits per heavy atom. The molecular weight excluding hydrogens is 259 g/mol. The highest BCUT2D eigenvalue weighted by molar-refractivity contribution is 5.84. The highest BCUT2D eigenvalue weighted by Gasteiger charge is 2.21. The number of methoxy groups -OCH3 is 1. The minimum atomic E-state index is -0.428. The first kappa shape index (κ1) is 16.3. The Morgan fingerprint density at radius 3 is 2.65 bits per heavy atom. The van der Waals surface area contributed by atoms with Gasteiger partial charge in [-0.15, -0.1) is 0 Å². The molecule has 1 aromatic rings. The summed E-state index contributed by atoms with van der Waals surface area (Å²) in [5, 5.41) is 5.99. The summed E-state index contributed by atoms with van der Waals surface area (Å²) in [7, 11) is 1.40. The molecule has 112 valence electrons. The molecular formula is C15H23FN2O2. The van der Waals surface area contributed by atoms with Gasteiger partial charge in [-0.1, -0.05) is 6.92 Å². The van der Waals surface area contributed by atoms with Crippen LogP contribution in [0.1, 0.15) is 34.1 Å². The van der Waals surface area contributed by atoms with Gasteiger partial charge in [-0.05, 0) is 39.3 Å². The molecule has 5 heteroatoms. The monoisotopic (exact) mass is 282 g/mol. The Labute approximate surface area is 119 Å². The van der Waals surface area contributed by atoms with Crippen molar-refractivity contribution in [3.05, 3.63) is 24.0 Å². The Kier molecular flexibility index (Phi) is 5.36. The highest BCUT2D eigenvalue weighted by atomic mass is 19.1. The lowest BCUT2D eigenvalue weighted by Crippen LogP contribution is -2.48. The van der Waals surface area contributed by atoms with E-state index in [1.165, 1.54) is 19.2 Å². The van der Waals surface area contributed by atoms with Gasteiger partial charge in [-0.25, -0.2) is 4.39 Å². The molecule has 0 bridgehead atoms. The zero-order valence-electron chi connectivity index (χ0n) is 12.7. The topological polar surface area (TPSA) is 50.4 Å². The Morgan fingerprint density at radius 1 is 1.45 bits per heavy atom. The number of carbonyl (C=O) groups excluding carboxylic acids is 1. The molecule has 1 atom stereocenters. The van der Waals surface area contributed by atoms with Crippen molar-refractivity contribution in [1.82, 2.24) is 5.32 Å². The second-order valence-electron chi connectivity index (χ2n) is 5.44. The maximum atomic E-state index is 13.3. The molecule has 0 fully saturated rings. The van der Waals surface area contributed by atoms with Crippen LogP contribution in [0, 0.1) is 5.82 Å². The smallest absolute Gasteiger partial charge is 0.242 e. The fourth-order valence-corrected chi connectivity index (χ4v) is 1.60. The van der Waals surface area contributed by atoms with Crippen LogP contribution in [0.15, 0.2) is 18.2 Å². The minimum absolute atomic E-state index is 0.0971. The van der Waals surface area contributed by atoms with Gasteiger partial charge in [-0.3, -0.25) is 4.79 Å². The highest BCUT2D eigenvalue weighted by Crippen LogP contribution is 2.22. The van der Waals surface area contributed by atoms with E-state index in [0.717, 1.165) is 6.42 Å². The van der Waals surface area contributed by atoms with Crippen molar-refractivity contribution in [2.24, 2.45) is 0 Å². The second kappa shape index (κ2) is 6.59. The van der Waals surface area contributed by atoms with E-state index >= 15 is 0 Å². The number of halogens is 1. The lowest BCUT2D eigenvalue weighted by molar-refractivity contribution is -0.123. The van der Waals surface area contributed by atoms with E-state index in [-0.39, 0.29) is 17.2 Å². The number of hydrogen-bond acceptors (Lipinski definition) is 3. The van der Waals surface area contributed by atoms with Crippen LogP contribution < -0.4 is 15.4 Å². The van der Waals surface area contributed by atoms with Crippen molar-refractivity contribution < 1.29 is 13.9 Å². The fraction of sp³-hybridized carbons (Fsp3) is 0.533. The Bertz CT molecular complexity index is 475. The average molecular weight is 282 g/mol. The van der Waals surface area contributed by atoms with Gasteiger partial charge in [0.05, 0.1) is 7.11 Å². The summed E-state index contributed by atoms with van der Waals surface area (Å²) in [6, 6.07) is 3.99. The minimum Gasteiger partial charge on any atom is -0.494 e. The normalized spacial score (nSPS) is 12.7. The molecule has 1 unspecified atom stereocenters. The average Bonchev–Trinajstić information content (AvgIpc) is 2.40. The van der Waals surface area contributed by atoms with Crippen molar-refractivity contribution in [3.8, 4) is 5.75 Å². The predicted octanol–water partition coefficient (Wildman–Crippen LogP) is 2.94. The van der Waals surface area contributed by atoms with Crippen molar-refractivity contribution in [2.75, 3.05) is 12.4 Å². The molecule has 20 heavy (non-hydrogen) atoms. The van der Waals surface area contributed by atoms with Gasteiger partial charge in [0.25, 0.3) is 0 Å². The summed E-state index contributed by atoms with van der Waals surface area (Å²) in [6.45, 7) is 7.72. The van der Waals surface area contributed by atoms with E-state index in [1.54, 1.807) is 13.0 Å². The van der Waals surface area contributed by atoms with Crippen LogP contribution in [-0.4, -0.2) is 24.6 Å². The summed E-state index contributed by atoms with van der Waals surface area (Å²) in [6.07, 6.45) is 0.843. The zero-order chi connectivity index (χ0) is 15.3. The molecule has 4 nitrogen and oxygen atoms in total. The van der Waals surface area contributed by atoms with Gasteiger partial charge >= 0.3 is 0 Å². The molecule has 1 rings (SSSR count). The first-order valence-electron chi connectivity index (χ1n) is 6.71. The van der Waals surface area contributed by atoms with Gasteiger partial charge in [0.15, 0.2) is 11.6 Å². The van der Waals surface area contributed by atoms with Crippen LogP contribution in [0.3, 0.4) is 0 Å². The number of nitrogens with one attached hydrogen (secondary N) is 2. The number of carbonyl (C=O) groups is 1. The first-order chi connectivity index (χ1) is 9.29. The molecule has 0 aliphatic rings. The van der Waals surface area contributed by atoms with Crippen molar-refractivity contribution in [2.45, 2.75) is 45.7 Å². The molecule has 0 saturated heterocycles. The van der Waals surface area contributed by atoms with Crippen LogP contribution in [0.2, 0.25) is 0 Å². The lowest BCUT2D eigenvalue weighted by Gasteiger charge is -2.27. The summed E-state index contributed by atoms with van der Waals surface area (Å²) in [4.78, 5) is 12.1. The third-order valence-electron chi connectivity index (χ3n) is 3.27. The molecule has 2 N–H and O–H groups in total. The van der Waals surface area contributed by atoms with Gasteiger partial charge in [0.1, 0.15) is 6.04 Å². The standard InChI is InChI=1S/C15H23FN2O2/c1-6-15(3,4)18-14(19)10(2)17-11-7-8-12(16)13(9-11)20-5/h7-10,17H,6H2,1-5H3,(H,18,19). The number of ether oxygens (including phenoxy) is 1. The number of anilines is 1. The molecule has 0 saturated carbocycles. The SMILES string of the molecule is CCC(C)(C)NC(=O)C(C)Nc1ccc(F)c(OC)c1. The maximum absolute atomic E-state index is 13.3. The molecule has 0 radical (unpaired) electrons. The summed E-state index contributed by atoms with van der Waals surface area (Å²) in [5.74, 6) is -0.376. The number of rotatable bonds is 6. The van der Waals surface area contributed by atoms with Crippen LogP contribution in [0.5, 0.6) is 5.75 Å². The second-order valence-corrected chi connectivity index (χ2v) is 5.44. The molecule has 1 aromatic carbocycles. The molecule has 0 aliphatic carbocycles. The third-order valence-corrected chi connectivity index (χ3v) is 3.27. The van der Waals surface area contributed by atoms with Gasteiger partial charge in [0, 0.05) is 17.3 Å². The van der Waals surface area contributed by atoms with Gasteiger partial charge < -0.3 is 15.4 Å². The number of amides is 1. The van der Waals surface area contributed by atoms with Crippen molar-refractivity contribution in [1.29, 1.82) is 0 Å². The summed E-state index contributed by atoms with van der Waals surface area (Å²) >= 11 is 0. The van der Waals surface area contributed by atoms with Gasteiger partial charge in [0.2, 0.25) is 5.91 Å². The first-order valence-corrected chi connectivity index (χ1v) is 6.71. The summed E-state index contributed by atoms with van der Waals surface area (Å²) in [5.41, 5.74) is 0.397. The lowest BCUT2D eigenvalue weighted by atomic mass is 10.0. The van der Waals surface area contributed by atoms with Crippen LogP contribution in [0.25, 0.3) is 0 Å². The van der Waals surface area contributed by atoms with E-state index in [0.29, 0.717) is 5.69 Å². The van der Waals surface area contributed by atoms with Crippen LogP contribution in [0.4, 0.5) is 10.1 Å². The van der Waals surface area contributed by atoms with Crippen LogP contribution >= 0.6 is 0 Å². The van der Waals surface area contributed by atoms with Gasteiger partial charge in [-0.2, -0.15) is 0 Å². The Hall–Kier alpha value is -1.78. The fourth-order valence-electron chi connectivity index (χ4n) is 1.60. The van der Waals surface area contributed by atoms with Crippen molar-refractivity contribution in [3.63, 3.8) is 0 Å². The van der Waals surface area contributed by atoms with E-state index < -0.39 is 11.9 Å². The zero-order valence-corrected chi connectivity index (χ0v) is 12.7. The third kappa shape index (κ3) is 4.40. The van der Waals surface area contributed by atoms with E-state index in [2.05, 4.69) is 10.6 Å². The molecule has 0 aromatic heterocycles. The quantitative estimate of drug-likeness (QED) is 0.843. The van der Waals surface area contributed by atoms with Crippen LogP contribution in [-0.2, 0) is 4.79 Å². The molecule has 0 heterocycles. The van der Waals surface area contributed by atoms with E-state index in [1.807, 2.05) is 20.8 Å². The Balaban J connectivity index is 2.70. The predicted molar refractivity (Wildman–Crippen MR) is 78.5 cm³/mol. The maximum Gasteiger partial charge on any atom is 0.242 e. The largest absolute Gasteiger partial charge is 0.494 e.